The summed E-state index contributed by atoms with van der Waals surface area (Å²) in [7, 11) is 0. The number of carbonyl (C=O) groups excluding carboxylic acids is 1. The van der Waals surface area contributed by atoms with E-state index in [1.165, 1.54) is 0 Å². The number of fused-ring (bicyclic) bond motifs is 1. The van der Waals surface area contributed by atoms with Crippen molar-refractivity contribution in [3.05, 3.63) is 115 Å². The van der Waals surface area contributed by atoms with E-state index in [2.05, 4.69) is 17.4 Å². The topological polar surface area (TPSA) is 88.8 Å². The molecule has 1 fully saturated rings. The van der Waals surface area contributed by atoms with Gasteiger partial charge >= 0.3 is 11.6 Å². The van der Waals surface area contributed by atoms with Gasteiger partial charge in [0, 0.05) is 39.9 Å². The fourth-order valence-electron chi connectivity index (χ4n) is 5.79. The van der Waals surface area contributed by atoms with Gasteiger partial charge in [0.05, 0.1) is 11.1 Å². The predicted octanol–water partition coefficient (Wildman–Crippen LogP) is 7.58. The third-order valence-electron chi connectivity index (χ3n) is 8.10. The number of aromatic hydroxyl groups is 1. The second kappa shape index (κ2) is 12.4. The Bertz CT molecular complexity index is 1570. The number of benzene rings is 2. The normalized spacial score (nSPS) is 15.8. The Morgan fingerprint density at radius 1 is 0.976 bits per heavy atom. The average Bonchev–Trinajstić information content (AvgIpc) is 3.71. The van der Waals surface area contributed by atoms with Crippen LogP contribution in [-0.4, -0.2) is 11.1 Å². The summed E-state index contributed by atoms with van der Waals surface area (Å²) in [5.41, 5.74) is 3.00. The SMILES string of the molecule is O=C(OCc1ccccc1)c1ccccc1NCc1ccc(C(c2c(O)c3c(oc2=O)CCCCCC3)C2CC2)s1. The zero-order valence-electron chi connectivity index (χ0n) is 23.1. The van der Waals surface area contributed by atoms with Crippen molar-refractivity contribution < 1.29 is 19.1 Å². The van der Waals surface area contributed by atoms with Gasteiger partial charge in [-0.1, -0.05) is 55.3 Å². The molecule has 41 heavy (non-hydrogen) atoms. The smallest absolute Gasteiger partial charge is 0.343 e. The van der Waals surface area contributed by atoms with Crippen molar-refractivity contribution in [3.63, 3.8) is 0 Å². The van der Waals surface area contributed by atoms with Gasteiger partial charge in [0.1, 0.15) is 18.1 Å². The monoisotopic (exact) mass is 569 g/mol. The lowest BCUT2D eigenvalue weighted by molar-refractivity contribution is 0.0474. The van der Waals surface area contributed by atoms with Crippen LogP contribution in [-0.2, 0) is 30.7 Å². The van der Waals surface area contributed by atoms with Crippen LogP contribution in [0.25, 0.3) is 0 Å². The van der Waals surface area contributed by atoms with Crippen LogP contribution in [0, 0.1) is 5.92 Å². The van der Waals surface area contributed by atoms with Crippen LogP contribution in [0.15, 0.2) is 75.9 Å². The van der Waals surface area contributed by atoms with E-state index < -0.39 is 5.63 Å². The Morgan fingerprint density at radius 3 is 2.54 bits per heavy atom. The van der Waals surface area contributed by atoms with E-state index in [0.717, 1.165) is 65.8 Å². The van der Waals surface area contributed by atoms with Gasteiger partial charge in [0.25, 0.3) is 0 Å². The van der Waals surface area contributed by atoms with Crippen LogP contribution in [0.1, 0.15) is 87.0 Å². The highest BCUT2D eigenvalue weighted by Crippen LogP contribution is 2.50. The van der Waals surface area contributed by atoms with Crippen LogP contribution < -0.4 is 10.9 Å². The molecule has 1 saturated carbocycles. The van der Waals surface area contributed by atoms with Crippen molar-refractivity contribution in [2.45, 2.75) is 70.4 Å². The van der Waals surface area contributed by atoms with Gasteiger partial charge in [-0.15, -0.1) is 11.3 Å². The van der Waals surface area contributed by atoms with Crippen molar-refractivity contribution in [2.24, 2.45) is 5.92 Å². The van der Waals surface area contributed by atoms with Gasteiger partial charge in [-0.25, -0.2) is 9.59 Å². The molecule has 2 N–H and O–H groups in total. The first-order valence-corrected chi connectivity index (χ1v) is 15.4. The van der Waals surface area contributed by atoms with E-state index in [1.54, 1.807) is 17.4 Å². The molecule has 1 atom stereocenters. The van der Waals surface area contributed by atoms with E-state index >= 15 is 0 Å². The molecule has 6 rings (SSSR count). The summed E-state index contributed by atoms with van der Waals surface area (Å²) >= 11 is 1.64. The minimum absolute atomic E-state index is 0.158. The number of para-hydroxylation sites is 1. The molecule has 0 amide bonds. The summed E-state index contributed by atoms with van der Waals surface area (Å²) < 4.78 is 11.4. The summed E-state index contributed by atoms with van der Waals surface area (Å²) in [6, 6.07) is 21.1. The molecule has 0 radical (unpaired) electrons. The van der Waals surface area contributed by atoms with Crippen LogP contribution in [0.4, 0.5) is 5.69 Å². The number of carbonyl (C=O) groups is 1. The number of ether oxygens (including phenoxy) is 1. The maximum Gasteiger partial charge on any atom is 0.343 e. The van der Waals surface area contributed by atoms with Crippen LogP contribution in [0.2, 0.25) is 0 Å². The van der Waals surface area contributed by atoms with E-state index in [0.29, 0.717) is 41.5 Å². The molecule has 0 bridgehead atoms. The summed E-state index contributed by atoms with van der Waals surface area (Å²) in [5.74, 6) is 0.614. The first-order chi connectivity index (χ1) is 20.1. The minimum atomic E-state index is -0.394. The van der Waals surface area contributed by atoms with E-state index in [4.69, 9.17) is 9.15 Å². The second-order valence-corrected chi connectivity index (χ2v) is 12.2. The van der Waals surface area contributed by atoms with Gasteiger partial charge in [0.2, 0.25) is 0 Å². The Labute approximate surface area is 244 Å². The van der Waals surface area contributed by atoms with Crippen LogP contribution in [0.5, 0.6) is 5.75 Å². The maximum atomic E-state index is 13.2. The largest absolute Gasteiger partial charge is 0.507 e. The van der Waals surface area contributed by atoms with Crippen LogP contribution >= 0.6 is 11.3 Å². The highest BCUT2D eigenvalue weighted by molar-refractivity contribution is 7.12. The van der Waals surface area contributed by atoms with Gasteiger partial charge in [-0.05, 0) is 67.9 Å². The number of rotatable bonds is 9. The lowest BCUT2D eigenvalue weighted by Gasteiger charge is -2.20. The molecular formula is C34H35NO5S. The van der Waals surface area contributed by atoms with Crippen molar-refractivity contribution in [1.82, 2.24) is 0 Å². The number of hydrogen-bond acceptors (Lipinski definition) is 7. The molecule has 2 aliphatic carbocycles. The highest BCUT2D eigenvalue weighted by atomic mass is 32.1. The number of anilines is 1. The molecule has 2 aromatic carbocycles. The Morgan fingerprint density at radius 2 is 1.73 bits per heavy atom. The third kappa shape index (κ3) is 6.25. The molecular weight excluding hydrogens is 534 g/mol. The summed E-state index contributed by atoms with van der Waals surface area (Å²) in [6.45, 7) is 0.740. The molecule has 0 saturated heterocycles. The lowest BCUT2D eigenvalue weighted by Crippen LogP contribution is -2.18. The number of esters is 1. The van der Waals surface area contributed by atoms with Crippen molar-refractivity contribution in [1.29, 1.82) is 0 Å². The number of thiophene rings is 1. The fraction of sp³-hybridized carbons (Fsp3) is 0.353. The molecule has 7 heteroatoms. The van der Waals surface area contributed by atoms with Crippen molar-refractivity contribution in [3.8, 4) is 5.75 Å². The standard InChI is InChI=1S/C34H35NO5S/c36-32-26-13-6-1-2-7-15-28(26)40-34(38)31(32)30(23-16-17-23)29-19-18-24(41-29)20-35-27-14-9-8-12-25(27)33(37)39-21-22-10-4-3-5-11-22/h3-5,8-12,14,18-19,23,30,35-36H,1-2,6-7,13,15-17,20-21H2. The molecule has 0 spiro atoms. The average molecular weight is 570 g/mol. The second-order valence-electron chi connectivity index (χ2n) is 11.0. The minimum Gasteiger partial charge on any atom is -0.507 e. The highest BCUT2D eigenvalue weighted by Gasteiger charge is 2.39. The molecule has 2 aromatic heterocycles. The quantitative estimate of drug-likeness (QED) is 0.202. The number of aryl methyl sites for hydroxylation is 1. The van der Waals surface area contributed by atoms with Crippen LogP contribution in [0.3, 0.4) is 0 Å². The molecule has 212 valence electrons. The number of nitrogens with one attached hydrogen (secondary N) is 1. The Kier molecular flexibility index (Phi) is 8.23. The van der Waals surface area contributed by atoms with E-state index in [-0.39, 0.29) is 24.2 Å². The van der Waals surface area contributed by atoms with Gasteiger partial charge in [-0.2, -0.15) is 0 Å². The third-order valence-corrected chi connectivity index (χ3v) is 9.27. The zero-order valence-corrected chi connectivity index (χ0v) is 23.9. The summed E-state index contributed by atoms with van der Waals surface area (Å²) in [4.78, 5) is 28.2. The lowest BCUT2D eigenvalue weighted by atomic mass is 9.89. The van der Waals surface area contributed by atoms with E-state index in [9.17, 15) is 14.7 Å². The van der Waals surface area contributed by atoms with Gasteiger partial charge in [-0.3, -0.25) is 0 Å². The van der Waals surface area contributed by atoms with Crippen molar-refractivity contribution in [2.75, 3.05) is 5.32 Å². The predicted molar refractivity (Wildman–Crippen MR) is 161 cm³/mol. The Hall–Kier alpha value is -3.84. The zero-order chi connectivity index (χ0) is 28.2. The molecule has 2 aliphatic rings. The fourth-order valence-corrected chi connectivity index (χ4v) is 6.95. The molecule has 2 heterocycles. The molecule has 0 aliphatic heterocycles. The Balaban J connectivity index is 1.19. The number of hydrogen-bond donors (Lipinski definition) is 2. The van der Waals surface area contributed by atoms with Gasteiger partial charge < -0.3 is 19.6 Å². The first kappa shape index (κ1) is 27.3. The maximum absolute atomic E-state index is 13.2. The molecule has 1 unspecified atom stereocenters. The first-order valence-electron chi connectivity index (χ1n) is 14.6. The summed E-state index contributed by atoms with van der Waals surface area (Å²) in [5, 5.41) is 14.8. The molecule has 6 nitrogen and oxygen atoms in total. The van der Waals surface area contributed by atoms with Crippen molar-refractivity contribution >= 4 is 23.0 Å². The summed E-state index contributed by atoms with van der Waals surface area (Å²) in [6.07, 6.45) is 7.77. The molecule has 4 aromatic rings. The van der Waals surface area contributed by atoms with Gasteiger partial charge in [0.15, 0.2) is 0 Å². The van der Waals surface area contributed by atoms with E-state index in [1.807, 2.05) is 48.5 Å².